The van der Waals surface area contributed by atoms with Gasteiger partial charge in [0.25, 0.3) is 0 Å². The van der Waals surface area contributed by atoms with Crippen LogP contribution in [0.1, 0.15) is 31.7 Å². The van der Waals surface area contributed by atoms with E-state index in [1.54, 1.807) is 48.5 Å². The number of nitriles is 1. The van der Waals surface area contributed by atoms with Gasteiger partial charge in [0.1, 0.15) is 35.6 Å². The summed E-state index contributed by atoms with van der Waals surface area (Å²) in [5, 5.41) is 22.9. The Bertz CT molecular complexity index is 1260. The maximum absolute atomic E-state index is 11.8. The molecule has 1 saturated heterocycles. The monoisotopic (exact) mass is 471 g/mol. The smallest absolute Gasteiger partial charge is 0.221 e. The normalized spacial score (nSPS) is 13.7. The highest BCUT2D eigenvalue weighted by atomic mass is 16.5. The molecule has 2 aromatic carbocycles. The third-order valence-corrected chi connectivity index (χ3v) is 6.06. The molecule has 0 bridgehead atoms. The molecule has 3 aromatic rings. The highest BCUT2D eigenvalue weighted by Gasteiger charge is 2.17. The van der Waals surface area contributed by atoms with Gasteiger partial charge in [-0.15, -0.1) is 0 Å². The summed E-state index contributed by atoms with van der Waals surface area (Å²) in [5.41, 5.74) is 9.15. The fraction of sp³-hybridized carbons (Fsp3) is 0.296. The second-order valence-corrected chi connectivity index (χ2v) is 8.59. The lowest BCUT2D eigenvalue weighted by Gasteiger charge is -2.26. The number of amides is 1. The minimum atomic E-state index is -0.202. The van der Waals surface area contributed by atoms with Gasteiger partial charge in [-0.25, -0.2) is 4.98 Å². The number of ether oxygens (including phenoxy) is 1. The van der Waals surface area contributed by atoms with Gasteiger partial charge in [0.2, 0.25) is 5.91 Å². The first-order valence-corrected chi connectivity index (χ1v) is 11.7. The number of carbonyl (C=O) groups excluding carboxylic acids is 1. The molecule has 4 rings (SSSR count). The zero-order valence-electron chi connectivity index (χ0n) is 19.8. The molecule has 8 nitrogen and oxygen atoms in total. The minimum Gasteiger partial charge on any atom is -0.507 e. The minimum absolute atomic E-state index is 0.0674. The van der Waals surface area contributed by atoms with Crippen molar-refractivity contribution in [2.24, 2.45) is 0 Å². The Morgan fingerprint density at radius 3 is 2.66 bits per heavy atom. The number of nitrogens with two attached hydrogens (primary N) is 1. The number of piperidine rings is 1. The van der Waals surface area contributed by atoms with Gasteiger partial charge in [-0.2, -0.15) is 5.26 Å². The van der Waals surface area contributed by atoms with Crippen molar-refractivity contribution in [1.82, 2.24) is 9.88 Å². The molecule has 0 unspecified atom stereocenters. The third-order valence-electron chi connectivity index (χ3n) is 6.06. The summed E-state index contributed by atoms with van der Waals surface area (Å²) in [7, 11) is 0. The predicted octanol–water partition coefficient (Wildman–Crippen LogP) is 4.40. The van der Waals surface area contributed by atoms with Crippen LogP contribution in [0.2, 0.25) is 0 Å². The highest BCUT2D eigenvalue weighted by molar-refractivity contribution is 5.91. The molecule has 1 aromatic heterocycles. The number of nitrogen functional groups attached to an aromatic ring is 1. The number of phenols is 1. The van der Waals surface area contributed by atoms with Crippen molar-refractivity contribution < 1.29 is 14.6 Å². The van der Waals surface area contributed by atoms with Gasteiger partial charge in [-0.3, -0.25) is 9.69 Å². The molecule has 2 heterocycles. The second kappa shape index (κ2) is 10.9. The van der Waals surface area contributed by atoms with E-state index in [4.69, 9.17) is 10.5 Å². The number of aromatic nitrogens is 1. The van der Waals surface area contributed by atoms with Crippen LogP contribution < -0.4 is 15.8 Å². The number of anilines is 2. The molecule has 0 radical (unpaired) electrons. The van der Waals surface area contributed by atoms with Crippen LogP contribution in [0.5, 0.6) is 11.5 Å². The van der Waals surface area contributed by atoms with Crippen LogP contribution in [-0.4, -0.2) is 47.1 Å². The molecule has 35 heavy (non-hydrogen) atoms. The molecule has 1 aliphatic heterocycles. The number of nitrogens with one attached hydrogen (secondary N) is 1. The SMILES string of the molecule is CC(=O)Nc1ccc(-c2cc(-c3ccccc3O)nc(N)c2C#N)cc1OCCN1CCCCC1. The molecular weight excluding hydrogens is 442 g/mol. The molecule has 1 amide bonds. The van der Waals surface area contributed by atoms with Crippen LogP contribution in [0.15, 0.2) is 48.5 Å². The van der Waals surface area contributed by atoms with Crippen LogP contribution in [0.3, 0.4) is 0 Å². The number of likely N-dealkylation sites (tertiary alicyclic amines) is 1. The summed E-state index contributed by atoms with van der Waals surface area (Å²) < 4.78 is 6.11. The van der Waals surface area contributed by atoms with Gasteiger partial charge in [-0.1, -0.05) is 24.6 Å². The molecular formula is C27H29N5O3. The number of benzene rings is 2. The van der Waals surface area contributed by atoms with Crippen molar-refractivity contribution >= 4 is 17.4 Å². The van der Waals surface area contributed by atoms with E-state index >= 15 is 0 Å². The van der Waals surface area contributed by atoms with Gasteiger partial charge in [0.15, 0.2) is 0 Å². The summed E-state index contributed by atoms with van der Waals surface area (Å²) >= 11 is 0. The van der Waals surface area contributed by atoms with Crippen LogP contribution in [-0.2, 0) is 4.79 Å². The quantitative estimate of drug-likeness (QED) is 0.466. The standard InChI is InChI=1S/C27H29N5O3/c1-18(33)30-23-10-9-19(15-26(23)35-14-13-32-11-5-2-6-12-32)21-16-24(31-27(29)22(21)17-28)20-7-3-4-8-25(20)34/h3-4,7-10,15-16,34H,2,5-6,11-14H2,1H3,(H2,29,31)(H,30,33). The van der Waals surface area contributed by atoms with Crippen molar-refractivity contribution in [2.75, 3.05) is 37.3 Å². The number of carbonyl (C=O) groups is 1. The van der Waals surface area contributed by atoms with Crippen LogP contribution in [0.25, 0.3) is 22.4 Å². The van der Waals surface area contributed by atoms with Crippen LogP contribution in [0.4, 0.5) is 11.5 Å². The van der Waals surface area contributed by atoms with E-state index < -0.39 is 0 Å². The van der Waals surface area contributed by atoms with Crippen molar-refractivity contribution in [3.8, 4) is 40.0 Å². The molecule has 0 spiro atoms. The van der Waals surface area contributed by atoms with Crippen molar-refractivity contribution in [1.29, 1.82) is 5.26 Å². The third kappa shape index (κ3) is 5.70. The largest absolute Gasteiger partial charge is 0.507 e. The van der Waals surface area contributed by atoms with Gasteiger partial charge < -0.3 is 20.9 Å². The molecule has 0 saturated carbocycles. The lowest BCUT2D eigenvalue weighted by molar-refractivity contribution is -0.114. The zero-order valence-corrected chi connectivity index (χ0v) is 19.8. The van der Waals surface area contributed by atoms with Crippen molar-refractivity contribution in [3.63, 3.8) is 0 Å². The molecule has 180 valence electrons. The Morgan fingerprint density at radius 1 is 1.17 bits per heavy atom. The summed E-state index contributed by atoms with van der Waals surface area (Å²) in [5.74, 6) is 0.448. The number of para-hydroxylation sites is 1. The average Bonchev–Trinajstić information content (AvgIpc) is 2.85. The first kappa shape index (κ1) is 24.0. The predicted molar refractivity (Wildman–Crippen MR) is 136 cm³/mol. The van der Waals surface area contributed by atoms with Crippen molar-refractivity contribution in [3.05, 3.63) is 54.1 Å². The Balaban J connectivity index is 1.70. The van der Waals surface area contributed by atoms with Crippen LogP contribution in [0, 0.1) is 11.3 Å². The molecule has 0 aliphatic carbocycles. The fourth-order valence-corrected chi connectivity index (χ4v) is 4.31. The van der Waals surface area contributed by atoms with Crippen molar-refractivity contribution in [2.45, 2.75) is 26.2 Å². The van der Waals surface area contributed by atoms with Gasteiger partial charge in [-0.05, 0) is 61.8 Å². The first-order chi connectivity index (χ1) is 17.0. The van der Waals surface area contributed by atoms with E-state index in [1.807, 2.05) is 0 Å². The summed E-state index contributed by atoms with van der Waals surface area (Å²) in [6.07, 6.45) is 3.67. The van der Waals surface area contributed by atoms with Gasteiger partial charge in [0, 0.05) is 24.6 Å². The summed E-state index contributed by atoms with van der Waals surface area (Å²) in [6.45, 7) is 4.86. The van der Waals surface area contributed by atoms with E-state index in [-0.39, 0.29) is 23.0 Å². The number of hydrogen-bond donors (Lipinski definition) is 3. The average molecular weight is 472 g/mol. The Hall–Kier alpha value is -4.09. The number of hydrogen-bond acceptors (Lipinski definition) is 7. The number of nitrogens with zero attached hydrogens (tertiary/aromatic N) is 3. The topological polar surface area (TPSA) is 124 Å². The van der Waals surface area contributed by atoms with E-state index in [0.29, 0.717) is 40.4 Å². The highest BCUT2D eigenvalue weighted by Crippen LogP contribution is 2.37. The summed E-state index contributed by atoms with van der Waals surface area (Å²) in [6, 6.07) is 16.0. The lowest BCUT2D eigenvalue weighted by Crippen LogP contribution is -2.33. The fourth-order valence-electron chi connectivity index (χ4n) is 4.31. The molecule has 8 heteroatoms. The number of aromatic hydroxyl groups is 1. The van der Waals surface area contributed by atoms with E-state index in [1.165, 1.54) is 26.2 Å². The lowest BCUT2D eigenvalue weighted by atomic mass is 9.97. The zero-order chi connectivity index (χ0) is 24.8. The van der Waals surface area contributed by atoms with E-state index in [0.717, 1.165) is 19.6 Å². The number of phenolic OH excluding ortho intramolecular Hbond substituents is 1. The van der Waals surface area contributed by atoms with E-state index in [2.05, 4.69) is 21.3 Å². The maximum Gasteiger partial charge on any atom is 0.221 e. The Labute approximate surface area is 205 Å². The number of pyridine rings is 1. The van der Waals surface area contributed by atoms with Crippen LogP contribution >= 0.6 is 0 Å². The van der Waals surface area contributed by atoms with Gasteiger partial charge in [0.05, 0.1) is 11.4 Å². The van der Waals surface area contributed by atoms with Gasteiger partial charge >= 0.3 is 0 Å². The van der Waals surface area contributed by atoms with E-state index in [9.17, 15) is 15.2 Å². The summed E-state index contributed by atoms with van der Waals surface area (Å²) in [4.78, 5) is 18.5. The second-order valence-electron chi connectivity index (χ2n) is 8.59. The Kier molecular flexibility index (Phi) is 7.48. The molecule has 1 fully saturated rings. The number of rotatable bonds is 7. The molecule has 1 aliphatic rings. The molecule has 4 N–H and O–H groups in total. The first-order valence-electron chi connectivity index (χ1n) is 11.7. The maximum atomic E-state index is 11.8. The molecule has 0 atom stereocenters. The Morgan fingerprint density at radius 2 is 1.94 bits per heavy atom.